The number of nitrogens with one attached hydrogen (secondary N) is 1. The smallest absolute Gasteiger partial charge is 0.293 e. The summed E-state index contributed by atoms with van der Waals surface area (Å²) in [5.74, 6) is 0.0293. The first-order valence-electron chi connectivity index (χ1n) is 8.98. The summed E-state index contributed by atoms with van der Waals surface area (Å²) in [5, 5.41) is 15.3. The van der Waals surface area contributed by atoms with Gasteiger partial charge in [0.15, 0.2) is 6.61 Å². The molecule has 11 heteroatoms. The van der Waals surface area contributed by atoms with Crippen molar-refractivity contribution < 1.29 is 14.5 Å². The molecular formula is C19H17Br3N4O4. The molecule has 1 saturated heterocycles. The second-order valence-corrected chi connectivity index (χ2v) is 9.10. The Morgan fingerprint density at radius 3 is 2.50 bits per heavy atom. The predicted octanol–water partition coefficient (Wildman–Crippen LogP) is 5.01. The first-order valence-corrected chi connectivity index (χ1v) is 11.4. The average Bonchev–Trinajstić information content (AvgIpc) is 3.21. The first-order chi connectivity index (χ1) is 14.3. The van der Waals surface area contributed by atoms with Crippen molar-refractivity contribution in [2.24, 2.45) is 5.10 Å². The van der Waals surface area contributed by atoms with Gasteiger partial charge in [-0.25, -0.2) is 5.43 Å². The van der Waals surface area contributed by atoms with Gasteiger partial charge in [-0.2, -0.15) is 5.10 Å². The van der Waals surface area contributed by atoms with E-state index in [2.05, 4.69) is 58.3 Å². The summed E-state index contributed by atoms with van der Waals surface area (Å²) in [5.41, 5.74) is 3.51. The molecule has 1 aliphatic rings. The Morgan fingerprint density at radius 2 is 1.87 bits per heavy atom. The second kappa shape index (κ2) is 10.4. The van der Waals surface area contributed by atoms with Gasteiger partial charge in [0, 0.05) is 29.2 Å². The maximum absolute atomic E-state index is 12.0. The van der Waals surface area contributed by atoms with Gasteiger partial charge in [-0.1, -0.05) is 22.0 Å². The van der Waals surface area contributed by atoms with Gasteiger partial charge in [0.05, 0.1) is 20.1 Å². The van der Waals surface area contributed by atoms with Crippen LogP contribution in [0.25, 0.3) is 0 Å². The molecule has 0 atom stereocenters. The normalized spacial score (nSPS) is 13.6. The van der Waals surface area contributed by atoms with Crippen molar-refractivity contribution in [2.75, 3.05) is 24.6 Å². The number of anilines is 1. The van der Waals surface area contributed by atoms with Crippen molar-refractivity contribution in [3.05, 3.63) is 59.4 Å². The van der Waals surface area contributed by atoms with Gasteiger partial charge in [0.25, 0.3) is 11.6 Å². The number of hydrogen-bond donors (Lipinski definition) is 1. The fourth-order valence-electron chi connectivity index (χ4n) is 3.01. The lowest BCUT2D eigenvalue weighted by Gasteiger charge is -2.17. The molecule has 0 aliphatic carbocycles. The van der Waals surface area contributed by atoms with E-state index < -0.39 is 10.8 Å². The van der Waals surface area contributed by atoms with Crippen molar-refractivity contribution in [1.29, 1.82) is 0 Å². The van der Waals surface area contributed by atoms with Gasteiger partial charge in [-0.15, -0.1) is 0 Å². The number of hydrogen-bond acceptors (Lipinski definition) is 6. The van der Waals surface area contributed by atoms with Gasteiger partial charge in [-0.3, -0.25) is 14.9 Å². The standard InChI is InChI=1S/C19H17Br3N4O4/c20-13-8-14(21)19(15(22)9-13)30-11-18(27)24-23-10-12-3-4-16(17(7-12)26(28)29)25-5-1-2-6-25/h3-4,7-10H,1-2,5-6,11H2,(H,24,27)/b23-10+. The minimum Gasteiger partial charge on any atom is -0.481 e. The van der Waals surface area contributed by atoms with Crippen molar-refractivity contribution in [1.82, 2.24) is 5.43 Å². The molecule has 158 valence electrons. The summed E-state index contributed by atoms with van der Waals surface area (Å²) in [6.07, 6.45) is 3.42. The molecule has 2 aromatic rings. The van der Waals surface area contributed by atoms with Crippen LogP contribution in [-0.2, 0) is 4.79 Å². The van der Waals surface area contributed by atoms with Gasteiger partial charge in [0.1, 0.15) is 11.4 Å². The molecule has 2 aromatic carbocycles. The lowest BCUT2D eigenvalue weighted by molar-refractivity contribution is -0.384. The van der Waals surface area contributed by atoms with Crippen LogP contribution >= 0.6 is 47.8 Å². The van der Waals surface area contributed by atoms with Crippen LogP contribution < -0.4 is 15.1 Å². The zero-order valence-corrected chi connectivity index (χ0v) is 20.4. The molecule has 0 spiro atoms. The lowest BCUT2D eigenvalue weighted by atomic mass is 10.1. The van der Waals surface area contributed by atoms with Crippen molar-refractivity contribution in [2.45, 2.75) is 12.8 Å². The first kappa shape index (κ1) is 22.7. The summed E-state index contributed by atoms with van der Waals surface area (Å²) < 4.78 is 7.74. The maximum Gasteiger partial charge on any atom is 0.293 e. The number of carbonyl (C=O) groups is 1. The monoisotopic (exact) mass is 602 g/mol. The van der Waals surface area contributed by atoms with E-state index in [4.69, 9.17) is 4.74 Å². The molecule has 8 nitrogen and oxygen atoms in total. The quantitative estimate of drug-likeness (QED) is 0.272. The van der Waals surface area contributed by atoms with E-state index in [-0.39, 0.29) is 12.3 Å². The molecule has 0 aromatic heterocycles. The van der Waals surface area contributed by atoms with Gasteiger partial charge < -0.3 is 9.64 Å². The molecule has 1 fully saturated rings. The van der Waals surface area contributed by atoms with E-state index in [1.807, 2.05) is 4.90 Å². The van der Waals surface area contributed by atoms with E-state index in [9.17, 15) is 14.9 Å². The summed E-state index contributed by atoms with van der Waals surface area (Å²) in [4.78, 5) is 25.1. The van der Waals surface area contributed by atoms with Crippen LogP contribution in [0.15, 0.2) is 48.9 Å². The number of halogens is 3. The molecule has 1 aliphatic heterocycles. The zero-order valence-electron chi connectivity index (χ0n) is 15.6. The Hall–Kier alpha value is -1.98. The summed E-state index contributed by atoms with van der Waals surface area (Å²) >= 11 is 10.1. The predicted molar refractivity (Wildman–Crippen MR) is 125 cm³/mol. The fourth-order valence-corrected chi connectivity index (χ4v) is 5.50. The van der Waals surface area contributed by atoms with Crippen molar-refractivity contribution in [3.8, 4) is 5.75 Å². The van der Waals surface area contributed by atoms with Crippen LogP contribution in [0.3, 0.4) is 0 Å². The molecular weight excluding hydrogens is 588 g/mol. The topological polar surface area (TPSA) is 97.1 Å². The molecule has 0 unspecified atom stereocenters. The highest BCUT2D eigenvalue weighted by Crippen LogP contribution is 2.36. The number of benzene rings is 2. The molecule has 1 amide bonds. The number of nitro benzene ring substituents is 1. The highest BCUT2D eigenvalue weighted by atomic mass is 79.9. The van der Waals surface area contributed by atoms with E-state index in [1.54, 1.807) is 24.3 Å². The van der Waals surface area contributed by atoms with E-state index >= 15 is 0 Å². The minimum absolute atomic E-state index is 0.0282. The summed E-state index contributed by atoms with van der Waals surface area (Å²) in [6.45, 7) is 1.38. The molecule has 0 saturated carbocycles. The molecule has 1 N–H and O–H groups in total. The van der Waals surface area contributed by atoms with E-state index in [0.29, 0.717) is 25.9 Å². The third-order valence-corrected chi connectivity index (χ3v) is 5.99. The zero-order chi connectivity index (χ0) is 21.7. The van der Waals surface area contributed by atoms with Gasteiger partial charge >= 0.3 is 0 Å². The summed E-state index contributed by atoms with van der Waals surface area (Å²) in [6, 6.07) is 8.51. The van der Waals surface area contributed by atoms with Crippen LogP contribution in [-0.4, -0.2) is 36.7 Å². The number of rotatable bonds is 7. The minimum atomic E-state index is -0.462. The van der Waals surface area contributed by atoms with Crippen LogP contribution in [0.2, 0.25) is 0 Å². The van der Waals surface area contributed by atoms with Crippen LogP contribution in [0.4, 0.5) is 11.4 Å². The number of hydrazone groups is 1. The summed E-state index contributed by atoms with van der Waals surface area (Å²) in [7, 11) is 0. The van der Waals surface area contributed by atoms with Gasteiger partial charge in [0.2, 0.25) is 0 Å². The molecule has 0 radical (unpaired) electrons. The fraction of sp³-hybridized carbons (Fsp3) is 0.263. The molecule has 3 rings (SSSR count). The third kappa shape index (κ3) is 5.79. The third-order valence-electron chi connectivity index (χ3n) is 4.36. The molecule has 0 bridgehead atoms. The Kier molecular flexibility index (Phi) is 7.84. The highest BCUT2D eigenvalue weighted by molar-refractivity contribution is 9.11. The van der Waals surface area contributed by atoms with Crippen LogP contribution in [0, 0.1) is 10.1 Å². The largest absolute Gasteiger partial charge is 0.481 e. The van der Waals surface area contributed by atoms with Crippen molar-refractivity contribution in [3.63, 3.8) is 0 Å². The Morgan fingerprint density at radius 1 is 1.20 bits per heavy atom. The average molecular weight is 605 g/mol. The van der Waals surface area contributed by atoms with E-state index in [1.165, 1.54) is 12.3 Å². The second-order valence-electron chi connectivity index (χ2n) is 6.48. The van der Waals surface area contributed by atoms with Gasteiger partial charge in [-0.05, 0) is 62.9 Å². The van der Waals surface area contributed by atoms with Crippen LogP contribution in [0.5, 0.6) is 5.75 Å². The molecule has 1 heterocycles. The number of carbonyl (C=O) groups excluding carboxylic acids is 1. The maximum atomic E-state index is 12.0. The Labute approximate surface area is 198 Å². The Balaban J connectivity index is 1.60. The van der Waals surface area contributed by atoms with Crippen molar-refractivity contribution >= 4 is 71.3 Å². The van der Waals surface area contributed by atoms with Crippen LogP contribution in [0.1, 0.15) is 18.4 Å². The highest BCUT2D eigenvalue weighted by Gasteiger charge is 2.22. The van der Waals surface area contributed by atoms with E-state index in [0.717, 1.165) is 30.4 Å². The Bertz CT molecular complexity index is 971. The lowest BCUT2D eigenvalue weighted by Crippen LogP contribution is -2.24. The number of amides is 1. The number of ether oxygens (including phenoxy) is 1. The number of nitrogens with zero attached hydrogens (tertiary/aromatic N) is 3. The number of nitro groups is 1. The SMILES string of the molecule is O=C(COc1c(Br)cc(Br)cc1Br)N/N=C/c1ccc(N2CCCC2)c([N+](=O)[O-])c1. The molecule has 30 heavy (non-hydrogen) atoms.